The van der Waals surface area contributed by atoms with Crippen molar-refractivity contribution in [3.05, 3.63) is 70.1 Å². The van der Waals surface area contributed by atoms with Crippen LogP contribution in [0.5, 0.6) is 11.5 Å². The van der Waals surface area contributed by atoms with Gasteiger partial charge in [-0.15, -0.1) is 12.8 Å². The third kappa shape index (κ3) is 6.98. The maximum absolute atomic E-state index is 12.2. The second-order valence-corrected chi connectivity index (χ2v) is 8.71. The average Bonchev–Trinajstić information content (AvgIpc) is 2.97. The molecule has 3 aromatic rings. The van der Waals surface area contributed by atoms with Crippen molar-refractivity contribution in [2.24, 2.45) is 5.84 Å². The summed E-state index contributed by atoms with van der Waals surface area (Å²) in [5.74, 6) is 10.9. The highest BCUT2D eigenvalue weighted by Gasteiger charge is 2.24. The topological polar surface area (TPSA) is 132 Å². The second kappa shape index (κ2) is 13.5. The van der Waals surface area contributed by atoms with Gasteiger partial charge in [0.05, 0.1) is 36.3 Å². The Kier molecular flexibility index (Phi) is 9.90. The summed E-state index contributed by atoms with van der Waals surface area (Å²) in [6, 6.07) is 12.1. The molecular weight excluding hydrogens is 512 g/mol. The number of fused-ring (bicyclic) bond motifs is 1. The van der Waals surface area contributed by atoms with Crippen LogP contribution in [0, 0.1) is 38.5 Å². The Labute approximate surface area is 232 Å². The van der Waals surface area contributed by atoms with E-state index in [0.717, 1.165) is 5.56 Å². The molecule has 0 bridgehead atoms. The number of rotatable bonds is 7. The van der Waals surface area contributed by atoms with Crippen molar-refractivity contribution in [1.29, 1.82) is 0 Å². The number of carbonyl (C=O) groups is 2. The van der Waals surface area contributed by atoms with Crippen LogP contribution < -0.4 is 31.2 Å². The van der Waals surface area contributed by atoms with Gasteiger partial charge >= 0.3 is 0 Å². The molecule has 206 valence electrons. The Hall–Kier alpha value is -5.26. The number of nitrogens with one attached hydrogen (secondary N) is 1. The minimum atomic E-state index is -0.205. The number of hydrogen-bond donors (Lipinski definition) is 2. The fraction of sp³-hybridized carbons (Fsp3) is 0.241. The van der Waals surface area contributed by atoms with Gasteiger partial charge in [-0.25, -0.2) is 0 Å². The first-order chi connectivity index (χ1) is 19.2. The summed E-state index contributed by atoms with van der Waals surface area (Å²) >= 11 is 0. The van der Waals surface area contributed by atoms with Crippen molar-refractivity contribution >= 4 is 23.2 Å². The molecule has 0 unspecified atom stereocenters. The molecule has 1 aromatic heterocycles. The molecule has 2 heterocycles. The van der Waals surface area contributed by atoms with Gasteiger partial charge in [-0.2, -0.15) is 9.78 Å². The monoisotopic (exact) mass is 542 g/mol. The van der Waals surface area contributed by atoms with E-state index in [1.807, 2.05) is 6.92 Å². The minimum absolute atomic E-state index is 0.0179. The fourth-order valence-corrected chi connectivity index (χ4v) is 3.53. The van der Waals surface area contributed by atoms with Gasteiger partial charge in [0.15, 0.2) is 13.2 Å². The Morgan fingerprint density at radius 3 is 2.55 bits per heavy atom. The molecule has 0 saturated carbocycles. The van der Waals surface area contributed by atoms with Crippen LogP contribution in [0.3, 0.4) is 0 Å². The van der Waals surface area contributed by atoms with Crippen molar-refractivity contribution in [1.82, 2.24) is 14.7 Å². The first-order valence-corrected chi connectivity index (χ1v) is 12.1. The van der Waals surface area contributed by atoms with Crippen molar-refractivity contribution < 1.29 is 19.1 Å². The zero-order valence-corrected chi connectivity index (χ0v) is 22.5. The quantitative estimate of drug-likeness (QED) is 0.262. The largest absolute Gasteiger partial charge is 0.484 e. The van der Waals surface area contributed by atoms with Crippen molar-refractivity contribution in [2.45, 2.75) is 13.8 Å². The van der Waals surface area contributed by atoms with Gasteiger partial charge in [-0.3, -0.25) is 25.1 Å². The molecule has 40 heavy (non-hydrogen) atoms. The number of amides is 2. The Morgan fingerprint density at radius 1 is 1.18 bits per heavy atom. The van der Waals surface area contributed by atoms with Gasteiger partial charge < -0.3 is 19.8 Å². The zero-order chi connectivity index (χ0) is 29.2. The Morgan fingerprint density at radius 2 is 1.90 bits per heavy atom. The molecule has 11 nitrogen and oxygen atoms in total. The normalized spacial score (nSPS) is 11.6. The lowest BCUT2D eigenvalue weighted by Gasteiger charge is -2.28. The molecule has 2 amide bonds. The Balaban J connectivity index is 0.000000238. The lowest BCUT2D eigenvalue weighted by atomic mass is 10.2. The van der Waals surface area contributed by atoms with Gasteiger partial charge in [-0.05, 0) is 61.9 Å². The first kappa shape index (κ1) is 29.3. The minimum Gasteiger partial charge on any atom is -0.484 e. The number of benzene rings is 2. The summed E-state index contributed by atoms with van der Waals surface area (Å²) < 4.78 is 12.0. The Bertz CT molecular complexity index is 1520. The molecule has 4 rings (SSSR count). The predicted octanol–water partition coefficient (Wildman–Crippen LogP) is 1.65. The van der Waals surface area contributed by atoms with Crippen molar-refractivity contribution in [2.75, 3.05) is 43.7 Å². The highest BCUT2D eigenvalue weighted by Crippen LogP contribution is 2.34. The number of aromatic nitrogens is 2. The van der Waals surface area contributed by atoms with Crippen LogP contribution in [0.15, 0.2) is 53.5 Å². The molecule has 1 aliphatic rings. The van der Waals surface area contributed by atoms with Crippen LogP contribution in [0.2, 0.25) is 0 Å². The predicted molar refractivity (Wildman–Crippen MR) is 152 cm³/mol. The van der Waals surface area contributed by atoms with E-state index in [4.69, 9.17) is 28.2 Å². The molecule has 0 saturated heterocycles. The number of nitrogens with two attached hydrogens (primary N) is 1. The molecule has 0 fully saturated rings. The first-order valence-electron chi connectivity index (χ1n) is 12.1. The number of terminal acetylenes is 2. The van der Waals surface area contributed by atoms with Crippen LogP contribution in [-0.2, 0) is 9.59 Å². The summed E-state index contributed by atoms with van der Waals surface area (Å²) in [7, 11) is 1.62. The fourth-order valence-electron chi connectivity index (χ4n) is 3.53. The second-order valence-electron chi connectivity index (χ2n) is 8.71. The number of hydrazine groups is 1. The number of nitrogen functional groups attached to an aromatic ring is 1. The summed E-state index contributed by atoms with van der Waals surface area (Å²) in [6.45, 7) is 4.00. The molecule has 0 spiro atoms. The van der Waals surface area contributed by atoms with Crippen LogP contribution in [0.4, 0.5) is 11.4 Å². The third-order valence-electron chi connectivity index (χ3n) is 5.99. The number of anilines is 2. The van der Waals surface area contributed by atoms with E-state index in [1.54, 1.807) is 62.6 Å². The van der Waals surface area contributed by atoms with Crippen LogP contribution in [0.25, 0.3) is 5.69 Å². The molecule has 1 aliphatic heterocycles. The number of hydrogen-bond acceptors (Lipinski definition) is 8. The van der Waals surface area contributed by atoms with Crippen LogP contribution in [-0.4, -0.2) is 59.8 Å². The summed E-state index contributed by atoms with van der Waals surface area (Å²) in [4.78, 5) is 38.5. The third-order valence-corrected chi connectivity index (χ3v) is 5.99. The van der Waals surface area contributed by atoms with E-state index in [9.17, 15) is 14.4 Å². The van der Waals surface area contributed by atoms with Gasteiger partial charge in [-0.1, -0.05) is 11.8 Å². The lowest BCUT2D eigenvalue weighted by Crippen LogP contribution is -2.39. The lowest BCUT2D eigenvalue weighted by molar-refractivity contribution is -0.131. The van der Waals surface area contributed by atoms with E-state index < -0.39 is 0 Å². The van der Waals surface area contributed by atoms with Gasteiger partial charge in [0.2, 0.25) is 0 Å². The summed E-state index contributed by atoms with van der Waals surface area (Å²) in [5, 5.41) is 4.14. The molecular formula is C29H30N6O5. The smallest absolute Gasteiger partial charge is 0.274 e. The summed E-state index contributed by atoms with van der Waals surface area (Å²) in [5.41, 5.74) is 5.83. The van der Waals surface area contributed by atoms with Gasteiger partial charge in [0.1, 0.15) is 11.5 Å². The van der Waals surface area contributed by atoms with Crippen LogP contribution in [0.1, 0.15) is 11.1 Å². The maximum Gasteiger partial charge on any atom is 0.274 e. The van der Waals surface area contributed by atoms with E-state index in [-0.39, 0.29) is 43.7 Å². The highest BCUT2D eigenvalue weighted by atomic mass is 16.5. The highest BCUT2D eigenvalue weighted by molar-refractivity contribution is 5.98. The van der Waals surface area contributed by atoms with E-state index >= 15 is 0 Å². The summed E-state index contributed by atoms with van der Waals surface area (Å²) in [6.07, 6.45) is 12.0. The number of likely N-dealkylation sites (N-methyl/N-ethyl adjacent to an activating group) is 1. The number of nitrogens with zero attached hydrogens (tertiary/aromatic N) is 4. The molecule has 0 atom stereocenters. The van der Waals surface area contributed by atoms with Gasteiger partial charge in [0, 0.05) is 12.6 Å². The van der Waals surface area contributed by atoms with E-state index in [1.165, 1.54) is 14.5 Å². The van der Waals surface area contributed by atoms with Crippen molar-refractivity contribution in [3.63, 3.8) is 0 Å². The van der Waals surface area contributed by atoms with Gasteiger partial charge in [0.25, 0.3) is 17.4 Å². The molecule has 0 aliphatic carbocycles. The maximum atomic E-state index is 12.2. The standard InChI is InChI=1S/C18H19N3O3.C11H11N3O2/c1-5-10-20(4)17(22)12-24-16-8-6-15(7-9-16)21-18(23)14(3)13(2)11-19-21;1-2-5-14-9-6-8(13-12)3-4-10(9)16-7-11(14)15/h1,6-9,11H,10,12H2,2-4H3;1,3-4,6,13H,5,7,12H2. The number of aryl methyl sites for hydroxylation is 1. The molecule has 11 heteroatoms. The molecule has 2 aromatic carbocycles. The van der Waals surface area contributed by atoms with Crippen molar-refractivity contribution in [3.8, 4) is 41.9 Å². The SMILES string of the molecule is C#CCN(C)C(=O)COc1ccc(-n2ncc(C)c(C)c2=O)cc1.C#CCN1C(=O)COc2ccc(NN)cc21. The van der Waals surface area contributed by atoms with E-state index in [2.05, 4.69) is 22.4 Å². The van der Waals surface area contributed by atoms with E-state index in [0.29, 0.717) is 34.1 Å². The molecule has 0 radical (unpaired) electrons. The van der Waals surface area contributed by atoms with Crippen LogP contribution >= 0.6 is 0 Å². The zero-order valence-electron chi connectivity index (χ0n) is 22.5. The number of ether oxygens (including phenoxy) is 2. The molecule has 3 N–H and O–H groups in total. The average molecular weight is 543 g/mol. The number of carbonyl (C=O) groups excluding carboxylic acids is 2.